The molecular weight excluding hydrogens is 307 g/mol. The van der Waals surface area contributed by atoms with Crippen molar-refractivity contribution >= 4 is 19.4 Å². The maximum atomic E-state index is 3.30. The van der Waals surface area contributed by atoms with Gasteiger partial charge in [-0.25, -0.2) is 0 Å². The van der Waals surface area contributed by atoms with Crippen LogP contribution in [0.1, 0.15) is 37.3 Å². The monoisotopic (exact) mass is 328 g/mol. The van der Waals surface area contributed by atoms with Crippen LogP contribution < -0.4 is 4.46 Å². The zero-order chi connectivity index (χ0) is 14.0. The number of benzene rings is 2. The average molecular weight is 327 g/mol. The van der Waals surface area contributed by atoms with Crippen LogP contribution in [0.5, 0.6) is 0 Å². The third-order valence-electron chi connectivity index (χ3n) is 3.13. The Kier molecular flexibility index (Phi) is 6.45. The summed E-state index contributed by atoms with van der Waals surface area (Å²) in [6.45, 7) is 2.24. The van der Waals surface area contributed by atoms with Crippen molar-refractivity contribution in [3.63, 3.8) is 0 Å². The molecule has 0 amide bonds. The fourth-order valence-corrected chi connectivity index (χ4v) is 3.18. The Morgan fingerprint density at radius 3 is 2.35 bits per heavy atom. The first-order valence-corrected chi connectivity index (χ1v) is 8.91. The third-order valence-corrected chi connectivity index (χ3v) is 4.62. The van der Waals surface area contributed by atoms with Crippen LogP contribution >= 0.6 is 0 Å². The summed E-state index contributed by atoms with van der Waals surface area (Å²) >= 11 is 0.251. The third kappa shape index (κ3) is 5.25. The molecule has 0 saturated carbocycles. The number of rotatable bonds is 5. The van der Waals surface area contributed by atoms with Crippen LogP contribution in [0.15, 0.2) is 54.6 Å². The number of hydrogen-bond donors (Lipinski definition) is 0. The van der Waals surface area contributed by atoms with Crippen LogP contribution in [0.25, 0.3) is 0 Å². The van der Waals surface area contributed by atoms with E-state index in [1.54, 1.807) is 0 Å². The quantitative estimate of drug-likeness (QED) is 0.446. The molecule has 0 unspecified atom stereocenters. The van der Waals surface area contributed by atoms with Crippen molar-refractivity contribution in [2.45, 2.75) is 32.6 Å². The second kappa shape index (κ2) is 8.64. The summed E-state index contributed by atoms with van der Waals surface area (Å²) < 4.78 is 1.34. The molecule has 2 aromatic rings. The van der Waals surface area contributed by atoms with Crippen LogP contribution in [-0.2, 0) is 6.42 Å². The zero-order valence-corrected chi connectivity index (χ0v) is 13.6. The number of hydrogen-bond acceptors (Lipinski definition) is 0. The molecule has 2 rings (SSSR count). The Morgan fingerprint density at radius 1 is 0.900 bits per heavy atom. The molecular formula is C19H20Se. The van der Waals surface area contributed by atoms with Gasteiger partial charge in [-0.1, -0.05) is 0 Å². The van der Waals surface area contributed by atoms with Gasteiger partial charge in [0.15, 0.2) is 0 Å². The van der Waals surface area contributed by atoms with Gasteiger partial charge in [0.2, 0.25) is 0 Å². The van der Waals surface area contributed by atoms with Gasteiger partial charge in [-0.2, -0.15) is 0 Å². The van der Waals surface area contributed by atoms with Crippen molar-refractivity contribution in [3.05, 3.63) is 65.7 Å². The van der Waals surface area contributed by atoms with Crippen molar-refractivity contribution in [3.8, 4) is 10.7 Å². The van der Waals surface area contributed by atoms with Gasteiger partial charge in [-0.05, 0) is 0 Å². The van der Waals surface area contributed by atoms with E-state index >= 15 is 0 Å². The first kappa shape index (κ1) is 14.9. The molecule has 0 radical (unpaired) electrons. The molecule has 0 heterocycles. The summed E-state index contributed by atoms with van der Waals surface area (Å²) in [5, 5.41) is 0. The van der Waals surface area contributed by atoms with Crippen molar-refractivity contribution in [1.29, 1.82) is 0 Å². The molecule has 0 bridgehead atoms. The van der Waals surface area contributed by atoms with Crippen LogP contribution in [-0.4, -0.2) is 15.0 Å². The Hall–Kier alpha value is -1.48. The maximum absolute atomic E-state index is 3.30. The molecule has 0 atom stereocenters. The minimum atomic E-state index is 0.251. The second-order valence-corrected chi connectivity index (χ2v) is 6.64. The van der Waals surface area contributed by atoms with Crippen LogP contribution in [0, 0.1) is 10.7 Å². The van der Waals surface area contributed by atoms with Crippen LogP contribution in [0.3, 0.4) is 0 Å². The molecule has 1 heteroatoms. The average Bonchev–Trinajstić information content (AvgIpc) is 2.50. The topological polar surface area (TPSA) is 0 Å². The van der Waals surface area contributed by atoms with E-state index in [0.717, 1.165) is 5.56 Å². The Labute approximate surface area is 128 Å². The van der Waals surface area contributed by atoms with Crippen molar-refractivity contribution < 1.29 is 0 Å². The van der Waals surface area contributed by atoms with Gasteiger partial charge in [0, 0.05) is 0 Å². The molecule has 0 aromatic heterocycles. The first-order valence-electron chi connectivity index (χ1n) is 7.20. The molecule has 0 N–H and O–H groups in total. The Bertz CT molecular complexity index is 558. The standard InChI is InChI=1S/C19H20Se/c1-2-3-5-8-17-11-13-18(14-12-17)15-16-20-19-9-6-4-7-10-19/h4,6-7,9-14H,2-3,5,8H2,1H3. The predicted octanol–water partition coefficient (Wildman–Crippen LogP) is 3.76. The molecule has 0 aliphatic rings. The Balaban J connectivity index is 1.88. The SMILES string of the molecule is CCCCCc1ccc(C#C[Se]c2ccccc2)cc1. The van der Waals surface area contributed by atoms with Gasteiger partial charge in [-0.3, -0.25) is 0 Å². The van der Waals surface area contributed by atoms with Gasteiger partial charge in [0.25, 0.3) is 0 Å². The summed E-state index contributed by atoms with van der Waals surface area (Å²) in [5.74, 6) is 3.27. The zero-order valence-electron chi connectivity index (χ0n) is 11.9. The summed E-state index contributed by atoms with van der Waals surface area (Å²) in [5.41, 5.74) is 2.56. The van der Waals surface area contributed by atoms with E-state index in [2.05, 4.69) is 66.2 Å². The van der Waals surface area contributed by atoms with Crippen LogP contribution in [0.4, 0.5) is 0 Å². The summed E-state index contributed by atoms with van der Waals surface area (Å²) in [6, 6.07) is 19.2. The number of unbranched alkanes of at least 4 members (excludes halogenated alkanes) is 2. The van der Waals surface area contributed by atoms with E-state index in [4.69, 9.17) is 0 Å². The van der Waals surface area contributed by atoms with Crippen LogP contribution in [0.2, 0.25) is 0 Å². The molecule has 0 spiro atoms. The molecule has 2 aromatic carbocycles. The summed E-state index contributed by atoms with van der Waals surface area (Å²) in [7, 11) is 0. The molecule has 0 nitrogen and oxygen atoms in total. The van der Waals surface area contributed by atoms with E-state index in [0.29, 0.717) is 0 Å². The van der Waals surface area contributed by atoms with Gasteiger partial charge in [0.05, 0.1) is 0 Å². The Morgan fingerprint density at radius 2 is 1.65 bits per heavy atom. The summed E-state index contributed by atoms with van der Waals surface area (Å²) in [6.07, 6.45) is 5.08. The van der Waals surface area contributed by atoms with Crippen molar-refractivity contribution in [2.75, 3.05) is 0 Å². The van der Waals surface area contributed by atoms with Crippen molar-refractivity contribution in [2.24, 2.45) is 0 Å². The van der Waals surface area contributed by atoms with E-state index in [9.17, 15) is 0 Å². The first-order chi connectivity index (χ1) is 9.88. The molecule has 20 heavy (non-hydrogen) atoms. The number of aryl methyl sites for hydroxylation is 1. The van der Waals surface area contributed by atoms with Gasteiger partial charge in [-0.15, -0.1) is 0 Å². The van der Waals surface area contributed by atoms with Gasteiger partial charge < -0.3 is 0 Å². The summed E-state index contributed by atoms with van der Waals surface area (Å²) in [4.78, 5) is 3.30. The molecule has 0 fully saturated rings. The molecule has 102 valence electrons. The fourth-order valence-electron chi connectivity index (χ4n) is 1.97. The van der Waals surface area contributed by atoms with E-state index in [1.807, 2.05) is 6.07 Å². The van der Waals surface area contributed by atoms with Gasteiger partial charge in [0.1, 0.15) is 0 Å². The fraction of sp³-hybridized carbons (Fsp3) is 0.263. The van der Waals surface area contributed by atoms with E-state index in [-0.39, 0.29) is 15.0 Å². The van der Waals surface area contributed by atoms with Gasteiger partial charge >= 0.3 is 128 Å². The molecule has 0 saturated heterocycles. The van der Waals surface area contributed by atoms with E-state index in [1.165, 1.54) is 35.7 Å². The molecule has 0 aliphatic heterocycles. The molecule has 0 aliphatic carbocycles. The normalized spacial score (nSPS) is 9.85. The van der Waals surface area contributed by atoms with E-state index < -0.39 is 0 Å². The minimum absolute atomic E-state index is 0.251. The predicted molar refractivity (Wildman–Crippen MR) is 88.4 cm³/mol. The van der Waals surface area contributed by atoms with Crippen molar-refractivity contribution in [1.82, 2.24) is 0 Å². The second-order valence-electron chi connectivity index (χ2n) is 4.80.